The summed E-state index contributed by atoms with van der Waals surface area (Å²) in [6, 6.07) is 5.63. The van der Waals surface area contributed by atoms with Gasteiger partial charge in [0.25, 0.3) is 0 Å². The Bertz CT molecular complexity index is 300. The molecule has 0 saturated heterocycles. The Labute approximate surface area is 74.7 Å². The maximum Gasteiger partial charge on any atom is 0.0337 e. The molecule has 2 heteroatoms. The van der Waals surface area contributed by atoms with Gasteiger partial charge in [0.2, 0.25) is 0 Å². The van der Waals surface area contributed by atoms with E-state index < -0.39 is 0 Å². The third-order valence-corrected chi connectivity index (χ3v) is 1.65. The Morgan fingerprint density at radius 3 is 2.64 bits per heavy atom. The van der Waals surface area contributed by atoms with Gasteiger partial charge in [-0.15, -0.1) is 5.92 Å². The van der Waals surface area contributed by atoms with Crippen LogP contribution in [0.15, 0.2) is 22.7 Å². The van der Waals surface area contributed by atoms with E-state index in [4.69, 9.17) is 5.73 Å². The fraction of sp³-hybridized carbons (Fsp3) is 0.111. The van der Waals surface area contributed by atoms with Gasteiger partial charge in [0.1, 0.15) is 0 Å². The standard InChI is InChI=1S/C9H8BrN/c1-2-3-7-4-8(10)6-9(11)5-7/h4-6H,11H2,1H3. The van der Waals surface area contributed by atoms with Gasteiger partial charge in [-0.3, -0.25) is 0 Å². The molecule has 0 radical (unpaired) electrons. The number of halogens is 1. The average molecular weight is 210 g/mol. The van der Waals surface area contributed by atoms with Crippen LogP contribution in [0.4, 0.5) is 5.69 Å². The second-order valence-electron chi connectivity index (χ2n) is 2.15. The molecule has 0 saturated carbocycles. The highest BCUT2D eigenvalue weighted by atomic mass is 79.9. The van der Waals surface area contributed by atoms with Gasteiger partial charge in [0.15, 0.2) is 0 Å². The van der Waals surface area contributed by atoms with Crippen molar-refractivity contribution in [2.24, 2.45) is 0 Å². The molecule has 0 fully saturated rings. The van der Waals surface area contributed by atoms with Crippen LogP contribution in [-0.4, -0.2) is 0 Å². The predicted molar refractivity (Wildman–Crippen MR) is 51.1 cm³/mol. The molecule has 0 amide bonds. The molecule has 0 aliphatic rings. The number of nitrogens with two attached hydrogens (primary N) is 1. The maximum absolute atomic E-state index is 5.59. The molecule has 56 valence electrons. The van der Waals surface area contributed by atoms with Crippen LogP contribution in [-0.2, 0) is 0 Å². The van der Waals surface area contributed by atoms with Crippen LogP contribution in [0.5, 0.6) is 0 Å². The third-order valence-electron chi connectivity index (χ3n) is 1.19. The fourth-order valence-corrected chi connectivity index (χ4v) is 1.34. The number of nitrogen functional groups attached to an aromatic ring is 1. The van der Waals surface area contributed by atoms with E-state index in [9.17, 15) is 0 Å². The highest BCUT2D eigenvalue weighted by Gasteiger charge is 1.92. The largest absolute Gasteiger partial charge is 0.399 e. The van der Waals surface area contributed by atoms with Gasteiger partial charge in [-0.1, -0.05) is 21.9 Å². The highest BCUT2D eigenvalue weighted by Crippen LogP contribution is 2.16. The summed E-state index contributed by atoms with van der Waals surface area (Å²) >= 11 is 3.34. The first kappa shape index (κ1) is 8.16. The van der Waals surface area contributed by atoms with E-state index in [1.165, 1.54) is 0 Å². The molecule has 0 aliphatic carbocycles. The topological polar surface area (TPSA) is 26.0 Å². The van der Waals surface area contributed by atoms with Gasteiger partial charge in [-0.05, 0) is 25.1 Å². The second kappa shape index (κ2) is 3.45. The van der Waals surface area contributed by atoms with Crippen molar-refractivity contribution in [3.63, 3.8) is 0 Å². The number of hydrogen-bond donors (Lipinski definition) is 1. The molecule has 0 heterocycles. The lowest BCUT2D eigenvalue weighted by Gasteiger charge is -1.95. The SMILES string of the molecule is CC#Cc1cc(N)cc(Br)c1. The van der Waals surface area contributed by atoms with Crippen molar-refractivity contribution in [2.75, 3.05) is 5.73 Å². The first-order valence-corrected chi connectivity index (χ1v) is 4.00. The molecule has 1 aromatic rings. The molecule has 0 spiro atoms. The second-order valence-corrected chi connectivity index (χ2v) is 3.06. The minimum atomic E-state index is 0.733. The van der Waals surface area contributed by atoms with Crippen molar-refractivity contribution < 1.29 is 0 Å². The monoisotopic (exact) mass is 209 g/mol. The molecule has 0 aliphatic heterocycles. The quantitative estimate of drug-likeness (QED) is 0.516. The van der Waals surface area contributed by atoms with Crippen molar-refractivity contribution in [2.45, 2.75) is 6.92 Å². The molecule has 1 rings (SSSR count). The highest BCUT2D eigenvalue weighted by molar-refractivity contribution is 9.10. The first-order valence-electron chi connectivity index (χ1n) is 3.21. The maximum atomic E-state index is 5.59. The summed E-state index contributed by atoms with van der Waals surface area (Å²) in [4.78, 5) is 0. The van der Waals surface area contributed by atoms with Crippen LogP contribution in [0, 0.1) is 11.8 Å². The lowest BCUT2D eigenvalue weighted by Crippen LogP contribution is -1.85. The van der Waals surface area contributed by atoms with Crippen molar-refractivity contribution in [1.82, 2.24) is 0 Å². The van der Waals surface area contributed by atoms with E-state index in [2.05, 4.69) is 27.8 Å². The Morgan fingerprint density at radius 2 is 2.09 bits per heavy atom. The van der Waals surface area contributed by atoms with Crippen LogP contribution in [0.3, 0.4) is 0 Å². The molecule has 0 bridgehead atoms. The Morgan fingerprint density at radius 1 is 1.36 bits per heavy atom. The summed E-state index contributed by atoms with van der Waals surface area (Å²) in [5, 5.41) is 0. The zero-order chi connectivity index (χ0) is 8.27. The lowest BCUT2D eigenvalue weighted by molar-refractivity contribution is 1.59. The molecule has 1 nitrogen and oxygen atoms in total. The number of benzene rings is 1. The van der Waals surface area contributed by atoms with Gasteiger partial charge in [-0.25, -0.2) is 0 Å². The van der Waals surface area contributed by atoms with Crippen LogP contribution in [0.2, 0.25) is 0 Å². The first-order chi connectivity index (χ1) is 5.22. The molecular weight excluding hydrogens is 202 g/mol. The van der Waals surface area contributed by atoms with Crippen LogP contribution in [0.25, 0.3) is 0 Å². The summed E-state index contributed by atoms with van der Waals surface area (Å²) in [5.74, 6) is 5.74. The molecule has 0 aromatic heterocycles. The molecule has 0 atom stereocenters. The Kier molecular flexibility index (Phi) is 2.56. The summed E-state index contributed by atoms with van der Waals surface area (Å²) in [7, 11) is 0. The van der Waals surface area contributed by atoms with Gasteiger partial charge < -0.3 is 5.73 Å². The zero-order valence-corrected chi connectivity index (χ0v) is 7.77. The van der Waals surface area contributed by atoms with E-state index in [-0.39, 0.29) is 0 Å². The summed E-state index contributed by atoms with van der Waals surface area (Å²) in [6.45, 7) is 1.80. The van der Waals surface area contributed by atoms with E-state index in [1.807, 2.05) is 18.2 Å². The average Bonchev–Trinajstić information content (AvgIpc) is 1.85. The molecule has 0 unspecified atom stereocenters. The van der Waals surface area contributed by atoms with Crippen molar-refractivity contribution in [1.29, 1.82) is 0 Å². The number of anilines is 1. The zero-order valence-electron chi connectivity index (χ0n) is 6.19. The minimum absolute atomic E-state index is 0.733. The van der Waals surface area contributed by atoms with Gasteiger partial charge in [-0.2, -0.15) is 0 Å². The smallest absolute Gasteiger partial charge is 0.0337 e. The summed E-state index contributed by atoms with van der Waals surface area (Å²) in [6.07, 6.45) is 0. The summed E-state index contributed by atoms with van der Waals surface area (Å²) < 4.78 is 0.968. The van der Waals surface area contributed by atoms with Crippen molar-refractivity contribution >= 4 is 21.6 Å². The molecule has 11 heavy (non-hydrogen) atoms. The number of hydrogen-bond acceptors (Lipinski definition) is 1. The molecule has 2 N–H and O–H groups in total. The van der Waals surface area contributed by atoms with E-state index in [0.717, 1.165) is 15.7 Å². The van der Waals surface area contributed by atoms with Crippen LogP contribution in [0.1, 0.15) is 12.5 Å². The minimum Gasteiger partial charge on any atom is -0.399 e. The van der Waals surface area contributed by atoms with Crippen molar-refractivity contribution in [3.8, 4) is 11.8 Å². The molecular formula is C9H8BrN. The van der Waals surface area contributed by atoms with E-state index in [1.54, 1.807) is 6.92 Å². The van der Waals surface area contributed by atoms with Crippen LogP contribution >= 0.6 is 15.9 Å². The lowest BCUT2D eigenvalue weighted by atomic mass is 10.2. The third kappa shape index (κ3) is 2.28. The fourth-order valence-electron chi connectivity index (χ4n) is 0.829. The predicted octanol–water partition coefficient (Wildman–Crippen LogP) is 2.40. The van der Waals surface area contributed by atoms with Crippen molar-refractivity contribution in [3.05, 3.63) is 28.2 Å². The Hall–Kier alpha value is -0.940. The normalized spacial score (nSPS) is 8.55. The summed E-state index contributed by atoms with van der Waals surface area (Å²) in [5.41, 5.74) is 7.27. The van der Waals surface area contributed by atoms with Gasteiger partial charge in [0.05, 0.1) is 0 Å². The van der Waals surface area contributed by atoms with Crippen LogP contribution < -0.4 is 5.73 Å². The Balaban J connectivity index is 3.15. The van der Waals surface area contributed by atoms with E-state index >= 15 is 0 Å². The van der Waals surface area contributed by atoms with E-state index in [0.29, 0.717) is 0 Å². The molecule has 1 aromatic carbocycles. The van der Waals surface area contributed by atoms with Gasteiger partial charge >= 0.3 is 0 Å². The van der Waals surface area contributed by atoms with Gasteiger partial charge in [0, 0.05) is 15.7 Å². The number of rotatable bonds is 0.